The van der Waals surface area contributed by atoms with Gasteiger partial charge in [-0.3, -0.25) is 14.9 Å². The molecule has 1 aromatic heterocycles. The van der Waals surface area contributed by atoms with E-state index < -0.39 is 6.04 Å². The van der Waals surface area contributed by atoms with Crippen LogP contribution < -0.4 is 14.8 Å². The molecule has 3 aromatic rings. The van der Waals surface area contributed by atoms with Crippen molar-refractivity contribution in [1.29, 1.82) is 0 Å². The van der Waals surface area contributed by atoms with E-state index in [-0.39, 0.29) is 18.6 Å². The van der Waals surface area contributed by atoms with Gasteiger partial charge in [-0.05, 0) is 49.6 Å². The van der Waals surface area contributed by atoms with Crippen LogP contribution in [0, 0.1) is 6.92 Å². The summed E-state index contributed by atoms with van der Waals surface area (Å²) in [6, 6.07) is 12.4. The van der Waals surface area contributed by atoms with Crippen molar-refractivity contribution in [2.75, 3.05) is 18.7 Å². The van der Waals surface area contributed by atoms with Crippen LogP contribution in [0.15, 0.2) is 42.5 Å². The van der Waals surface area contributed by atoms with Gasteiger partial charge in [0.1, 0.15) is 11.0 Å². The van der Waals surface area contributed by atoms with Crippen molar-refractivity contribution in [1.82, 2.24) is 15.1 Å². The van der Waals surface area contributed by atoms with Gasteiger partial charge in [-0.25, -0.2) is 0 Å². The highest BCUT2D eigenvalue weighted by Crippen LogP contribution is 2.37. The molecule has 1 N–H and O–H groups in total. The van der Waals surface area contributed by atoms with Crippen LogP contribution in [0.25, 0.3) is 10.6 Å². The Morgan fingerprint density at radius 1 is 1.13 bits per heavy atom. The Labute approximate surface area is 182 Å². The number of carbonyl (C=O) groups is 2. The van der Waals surface area contributed by atoms with Crippen molar-refractivity contribution < 1.29 is 19.1 Å². The minimum absolute atomic E-state index is 0.117. The predicted octanol–water partition coefficient (Wildman–Crippen LogP) is 3.49. The number of likely N-dealkylation sites (tertiary alicyclic amines) is 1. The SMILES string of the molecule is Cc1ccccc1C(=O)N1CCCC1C(=O)Nc1nnc(-c2ccc3c(c2)OCO3)s1. The number of carbonyl (C=O) groups excluding carboxylic acids is 2. The average molecular weight is 436 g/mol. The molecule has 2 amide bonds. The molecule has 1 unspecified atom stereocenters. The number of anilines is 1. The summed E-state index contributed by atoms with van der Waals surface area (Å²) in [5, 5.41) is 12.2. The minimum Gasteiger partial charge on any atom is -0.454 e. The molecule has 8 nitrogen and oxygen atoms in total. The predicted molar refractivity (Wildman–Crippen MR) is 115 cm³/mol. The Morgan fingerprint density at radius 3 is 2.84 bits per heavy atom. The number of aromatic nitrogens is 2. The molecule has 3 heterocycles. The van der Waals surface area contributed by atoms with Crippen LogP contribution >= 0.6 is 11.3 Å². The number of nitrogens with zero attached hydrogens (tertiary/aromatic N) is 3. The van der Waals surface area contributed by atoms with Crippen molar-refractivity contribution >= 4 is 28.3 Å². The first-order valence-electron chi connectivity index (χ1n) is 10.0. The lowest BCUT2D eigenvalue weighted by atomic mass is 10.1. The van der Waals surface area contributed by atoms with Crippen LogP contribution in [0.3, 0.4) is 0 Å². The van der Waals surface area contributed by atoms with Crippen molar-refractivity contribution in [2.24, 2.45) is 0 Å². The first-order chi connectivity index (χ1) is 15.1. The van der Waals surface area contributed by atoms with Crippen LogP contribution in [0.4, 0.5) is 5.13 Å². The summed E-state index contributed by atoms with van der Waals surface area (Å²) in [5.41, 5.74) is 2.36. The lowest BCUT2D eigenvalue weighted by Crippen LogP contribution is -2.43. The van der Waals surface area contributed by atoms with Crippen molar-refractivity contribution in [3.63, 3.8) is 0 Å². The Morgan fingerprint density at radius 2 is 1.97 bits per heavy atom. The lowest BCUT2D eigenvalue weighted by molar-refractivity contribution is -0.119. The maximum atomic E-state index is 13.0. The molecular formula is C22H20N4O4S. The molecule has 1 saturated heterocycles. The fourth-order valence-electron chi connectivity index (χ4n) is 3.86. The first-order valence-corrected chi connectivity index (χ1v) is 10.8. The van der Waals surface area contributed by atoms with Gasteiger partial charge in [0.2, 0.25) is 17.8 Å². The molecule has 1 fully saturated rings. The number of benzene rings is 2. The number of amides is 2. The maximum Gasteiger partial charge on any atom is 0.254 e. The highest BCUT2D eigenvalue weighted by atomic mass is 32.1. The molecule has 9 heteroatoms. The lowest BCUT2D eigenvalue weighted by Gasteiger charge is -2.24. The quantitative estimate of drug-likeness (QED) is 0.673. The molecule has 5 rings (SSSR count). The first kappa shape index (κ1) is 19.5. The molecule has 2 aliphatic heterocycles. The van der Waals surface area contributed by atoms with Gasteiger partial charge in [-0.2, -0.15) is 0 Å². The molecule has 0 aliphatic carbocycles. The Kier molecular flexibility index (Phi) is 5.03. The van der Waals surface area contributed by atoms with Crippen LogP contribution in [0.2, 0.25) is 0 Å². The maximum absolute atomic E-state index is 13.0. The van der Waals surface area contributed by atoms with E-state index in [0.717, 1.165) is 17.5 Å². The van der Waals surface area contributed by atoms with Crippen LogP contribution in [0.1, 0.15) is 28.8 Å². The van der Waals surface area contributed by atoms with Gasteiger partial charge in [-0.15, -0.1) is 10.2 Å². The summed E-state index contributed by atoms with van der Waals surface area (Å²) in [6.07, 6.45) is 1.41. The van der Waals surface area contributed by atoms with E-state index in [1.807, 2.05) is 43.3 Å². The van der Waals surface area contributed by atoms with Gasteiger partial charge in [0.05, 0.1) is 0 Å². The third-order valence-corrected chi connectivity index (χ3v) is 6.35. The molecule has 2 aliphatic rings. The summed E-state index contributed by atoms with van der Waals surface area (Å²) < 4.78 is 10.7. The second-order valence-electron chi connectivity index (χ2n) is 7.44. The topological polar surface area (TPSA) is 93.7 Å². The number of rotatable bonds is 4. The number of hydrogen-bond acceptors (Lipinski definition) is 7. The van der Waals surface area contributed by atoms with Crippen LogP contribution in [0.5, 0.6) is 11.5 Å². The van der Waals surface area contributed by atoms with E-state index in [1.165, 1.54) is 11.3 Å². The van der Waals surface area contributed by atoms with Gasteiger partial charge >= 0.3 is 0 Å². The number of aryl methyl sites for hydroxylation is 1. The van der Waals surface area contributed by atoms with Crippen molar-refractivity contribution in [3.05, 3.63) is 53.6 Å². The molecule has 158 valence electrons. The van der Waals surface area contributed by atoms with Crippen LogP contribution in [-0.2, 0) is 4.79 Å². The summed E-state index contributed by atoms with van der Waals surface area (Å²) in [6.45, 7) is 2.66. The smallest absolute Gasteiger partial charge is 0.254 e. The van der Waals surface area contributed by atoms with Gasteiger partial charge in [0.25, 0.3) is 5.91 Å². The van der Waals surface area contributed by atoms with E-state index in [2.05, 4.69) is 15.5 Å². The second-order valence-corrected chi connectivity index (χ2v) is 8.42. The summed E-state index contributed by atoms with van der Waals surface area (Å²) in [7, 11) is 0. The summed E-state index contributed by atoms with van der Waals surface area (Å²) in [4.78, 5) is 27.6. The number of ether oxygens (including phenoxy) is 2. The van der Waals surface area contributed by atoms with Gasteiger partial charge in [0.15, 0.2) is 11.5 Å². The molecule has 1 atom stereocenters. The molecule has 0 bridgehead atoms. The largest absolute Gasteiger partial charge is 0.454 e. The number of hydrogen-bond donors (Lipinski definition) is 1. The highest BCUT2D eigenvalue weighted by Gasteiger charge is 2.35. The Hall–Kier alpha value is -3.46. The summed E-state index contributed by atoms with van der Waals surface area (Å²) >= 11 is 1.27. The zero-order valence-electron chi connectivity index (χ0n) is 16.8. The fraction of sp³-hybridized carbons (Fsp3) is 0.273. The normalized spacial score (nSPS) is 17.1. The van der Waals surface area contributed by atoms with Crippen molar-refractivity contribution in [3.8, 4) is 22.1 Å². The zero-order valence-corrected chi connectivity index (χ0v) is 17.6. The Balaban J connectivity index is 1.30. The Bertz CT molecular complexity index is 1160. The van der Waals surface area contributed by atoms with Crippen molar-refractivity contribution in [2.45, 2.75) is 25.8 Å². The van der Waals surface area contributed by atoms with Gasteiger partial charge in [-0.1, -0.05) is 29.5 Å². The average Bonchev–Trinajstić information content (AvgIpc) is 3.53. The van der Waals surface area contributed by atoms with Crippen LogP contribution in [-0.4, -0.2) is 46.3 Å². The third-order valence-electron chi connectivity index (χ3n) is 5.47. The number of nitrogens with one attached hydrogen (secondary N) is 1. The standard InChI is InChI=1S/C22H20N4O4S/c1-13-5-2-3-6-15(13)21(28)26-10-4-7-16(26)19(27)23-22-25-24-20(31-22)14-8-9-17-18(11-14)30-12-29-17/h2-3,5-6,8-9,11,16H,4,7,10,12H2,1H3,(H,23,25,27). The highest BCUT2D eigenvalue weighted by molar-refractivity contribution is 7.18. The van der Waals surface area contributed by atoms with E-state index in [9.17, 15) is 9.59 Å². The van der Waals surface area contributed by atoms with E-state index in [0.29, 0.717) is 40.2 Å². The molecular weight excluding hydrogens is 416 g/mol. The van der Waals surface area contributed by atoms with E-state index in [1.54, 1.807) is 11.0 Å². The van der Waals surface area contributed by atoms with Gasteiger partial charge in [0, 0.05) is 17.7 Å². The monoisotopic (exact) mass is 436 g/mol. The molecule has 31 heavy (non-hydrogen) atoms. The molecule has 0 radical (unpaired) electrons. The number of fused-ring (bicyclic) bond motifs is 1. The minimum atomic E-state index is -0.523. The summed E-state index contributed by atoms with van der Waals surface area (Å²) in [5.74, 6) is 0.998. The zero-order chi connectivity index (χ0) is 21.4. The molecule has 0 saturated carbocycles. The van der Waals surface area contributed by atoms with E-state index in [4.69, 9.17) is 9.47 Å². The molecule has 0 spiro atoms. The second kappa shape index (κ2) is 7.99. The van der Waals surface area contributed by atoms with Gasteiger partial charge < -0.3 is 14.4 Å². The fourth-order valence-corrected chi connectivity index (χ4v) is 4.60. The molecule has 2 aromatic carbocycles. The third kappa shape index (κ3) is 3.72. The van der Waals surface area contributed by atoms with E-state index >= 15 is 0 Å².